The van der Waals surface area contributed by atoms with Crippen LogP contribution in [0.3, 0.4) is 0 Å². The van der Waals surface area contributed by atoms with Crippen LogP contribution in [-0.2, 0) is 19.8 Å². The summed E-state index contributed by atoms with van der Waals surface area (Å²) in [6, 6.07) is 0. The molecule has 0 saturated heterocycles. The van der Waals surface area contributed by atoms with Gasteiger partial charge in [-0.2, -0.15) is 0 Å². The summed E-state index contributed by atoms with van der Waals surface area (Å²) in [5.74, 6) is 0. The molecule has 23 heavy (non-hydrogen) atoms. The molecule has 0 heterocycles. The number of hydrogen-bond acceptors (Lipinski definition) is 1. The third-order valence-electron chi connectivity index (χ3n) is 4.18. The first-order valence-electron chi connectivity index (χ1n) is 9.51. The molecule has 0 rings (SSSR count). The van der Waals surface area contributed by atoms with Crippen LogP contribution in [0, 0.1) is 0 Å². The molecule has 0 amide bonds. The van der Waals surface area contributed by atoms with Crippen molar-refractivity contribution >= 4 is 0 Å². The van der Waals surface area contributed by atoms with Crippen LogP contribution in [0.2, 0.25) is 0 Å². The molecule has 0 aliphatic heterocycles. The standard InChI is InChI=1S/C19H42N.BrH.Fe.O/c1-5-6-7-8-9-10-11-12-13-14-15-16-17-18-19-20(2,3)4;;;/h5-19H2,1-4H3;1H;;/q+1;;;/p-1. The van der Waals surface area contributed by atoms with Crippen molar-refractivity contribution in [3.8, 4) is 0 Å². The van der Waals surface area contributed by atoms with Crippen LogP contribution < -0.4 is 17.0 Å². The molecule has 144 valence electrons. The molecule has 0 saturated carbocycles. The van der Waals surface area contributed by atoms with Crippen molar-refractivity contribution in [2.24, 2.45) is 0 Å². The number of quaternary nitrogens is 1. The Morgan fingerprint density at radius 1 is 0.565 bits per heavy atom. The molecule has 0 N–H and O–H groups in total. The average Bonchev–Trinajstić information content (AvgIpc) is 2.48. The van der Waals surface area contributed by atoms with Gasteiger partial charge in [-0.1, -0.05) is 84.0 Å². The molecule has 0 radical (unpaired) electrons. The van der Waals surface area contributed by atoms with Crippen molar-refractivity contribution in [3.63, 3.8) is 0 Å². The van der Waals surface area contributed by atoms with Gasteiger partial charge < -0.3 is 21.5 Å². The van der Waals surface area contributed by atoms with Crippen molar-refractivity contribution in [2.75, 3.05) is 27.7 Å². The Hall–Kier alpha value is 0.759. The van der Waals surface area contributed by atoms with Crippen LogP contribution in [-0.4, -0.2) is 32.2 Å². The second-order valence-electron chi connectivity index (χ2n) is 7.61. The van der Waals surface area contributed by atoms with Crippen LogP contribution in [0.4, 0.5) is 0 Å². The molecular formula is C19H42BrFeNO. The zero-order chi connectivity index (χ0) is 17.1. The van der Waals surface area contributed by atoms with Crippen LogP contribution in [0.5, 0.6) is 0 Å². The van der Waals surface area contributed by atoms with E-state index in [1.54, 1.807) is 0 Å². The Bertz CT molecular complexity index is 210. The molecule has 0 aromatic rings. The van der Waals surface area contributed by atoms with E-state index in [-0.39, 0.29) is 17.0 Å². The Kier molecular flexibility index (Phi) is 28.3. The third kappa shape index (κ3) is 31.1. The van der Waals surface area contributed by atoms with E-state index in [4.69, 9.17) is 3.83 Å². The Morgan fingerprint density at radius 2 is 0.826 bits per heavy atom. The molecule has 0 fully saturated rings. The van der Waals surface area contributed by atoms with E-state index in [1.165, 1.54) is 96.4 Å². The van der Waals surface area contributed by atoms with E-state index >= 15 is 0 Å². The van der Waals surface area contributed by atoms with E-state index < -0.39 is 0 Å². The van der Waals surface area contributed by atoms with Gasteiger partial charge >= 0.3 is 19.8 Å². The van der Waals surface area contributed by atoms with Gasteiger partial charge in [-0.25, -0.2) is 0 Å². The molecule has 0 bridgehead atoms. The monoisotopic (exact) mass is 435 g/mol. The number of unbranched alkanes of at least 4 members (excludes halogenated alkanes) is 13. The van der Waals surface area contributed by atoms with E-state index in [2.05, 4.69) is 28.1 Å². The number of hydrogen-bond donors (Lipinski definition) is 0. The molecule has 4 heteroatoms. The number of halogens is 1. The molecule has 0 aromatic heterocycles. The molecule has 0 aliphatic rings. The second kappa shape index (κ2) is 22.8. The molecule has 0 aromatic carbocycles. The van der Waals surface area contributed by atoms with Gasteiger partial charge in [0, 0.05) is 0 Å². The summed E-state index contributed by atoms with van der Waals surface area (Å²) in [5, 5.41) is 0. The minimum atomic E-state index is 0. The molecule has 0 atom stereocenters. The summed E-state index contributed by atoms with van der Waals surface area (Å²) in [7, 11) is 6.88. The summed E-state index contributed by atoms with van der Waals surface area (Å²) in [4.78, 5) is 0. The summed E-state index contributed by atoms with van der Waals surface area (Å²) < 4.78 is 9.12. The van der Waals surface area contributed by atoms with Crippen molar-refractivity contribution in [3.05, 3.63) is 0 Å². The zero-order valence-corrected chi connectivity index (χ0v) is 18.9. The molecule has 0 aliphatic carbocycles. The van der Waals surface area contributed by atoms with Gasteiger partial charge in [0.2, 0.25) is 0 Å². The minimum absolute atomic E-state index is 0. The molecular weight excluding hydrogens is 394 g/mol. The van der Waals surface area contributed by atoms with Crippen LogP contribution in [0.15, 0.2) is 0 Å². The third-order valence-corrected chi connectivity index (χ3v) is 4.18. The van der Waals surface area contributed by atoms with Gasteiger partial charge in [0.1, 0.15) is 0 Å². The number of nitrogens with zero attached hydrogens (tertiary/aromatic N) is 1. The predicted octanol–water partition coefficient (Wildman–Crippen LogP) is 3.06. The van der Waals surface area contributed by atoms with E-state index in [0.29, 0.717) is 0 Å². The summed E-state index contributed by atoms with van der Waals surface area (Å²) in [6.07, 6.45) is 20.4. The fraction of sp³-hybridized carbons (Fsp3) is 1.00. The maximum absolute atomic E-state index is 8.00. The van der Waals surface area contributed by atoms with Gasteiger partial charge in [-0.15, -0.1) is 0 Å². The Morgan fingerprint density at radius 3 is 1.09 bits per heavy atom. The van der Waals surface area contributed by atoms with Gasteiger partial charge in [0.25, 0.3) is 0 Å². The van der Waals surface area contributed by atoms with E-state index in [1.807, 2.05) is 15.9 Å². The normalized spacial score (nSPS) is 10.7. The van der Waals surface area contributed by atoms with Crippen molar-refractivity contribution in [1.29, 1.82) is 0 Å². The van der Waals surface area contributed by atoms with Crippen LogP contribution in [0.1, 0.15) is 96.8 Å². The van der Waals surface area contributed by atoms with Crippen LogP contribution >= 0.6 is 0 Å². The van der Waals surface area contributed by atoms with E-state index in [0.717, 1.165) is 4.48 Å². The van der Waals surface area contributed by atoms with Crippen molar-refractivity contribution < 1.29 is 41.2 Å². The number of rotatable bonds is 15. The van der Waals surface area contributed by atoms with Crippen LogP contribution in [0.25, 0.3) is 0 Å². The Labute approximate surface area is 165 Å². The summed E-state index contributed by atoms with van der Waals surface area (Å²) >= 11 is 2.00. The van der Waals surface area contributed by atoms with Gasteiger partial charge in [-0.3, -0.25) is 0 Å². The fourth-order valence-corrected chi connectivity index (χ4v) is 2.78. The van der Waals surface area contributed by atoms with Gasteiger partial charge in [-0.05, 0) is 12.8 Å². The van der Waals surface area contributed by atoms with Gasteiger partial charge in [0.15, 0.2) is 0 Å². The maximum atomic E-state index is 8.00. The molecule has 0 spiro atoms. The predicted molar refractivity (Wildman–Crippen MR) is 93.9 cm³/mol. The second-order valence-corrected chi connectivity index (χ2v) is 7.61. The fourth-order valence-electron chi connectivity index (χ4n) is 2.78. The quantitative estimate of drug-likeness (QED) is 0.219. The topological polar surface area (TPSA) is 17.1 Å². The first kappa shape index (κ1) is 28.6. The first-order valence-corrected chi connectivity index (χ1v) is 9.96. The SMILES string of the molecule is CCCCCCCCCCCCCCCC[N+](C)(C)C.[Br-].[O]=[Fe]. The van der Waals surface area contributed by atoms with E-state index in [9.17, 15) is 0 Å². The van der Waals surface area contributed by atoms with Crippen molar-refractivity contribution in [1.82, 2.24) is 0 Å². The van der Waals surface area contributed by atoms with Gasteiger partial charge in [0.05, 0.1) is 27.7 Å². The van der Waals surface area contributed by atoms with Crippen molar-refractivity contribution in [2.45, 2.75) is 96.8 Å². The first-order chi connectivity index (χ1) is 10.6. The summed E-state index contributed by atoms with van der Waals surface area (Å²) in [6.45, 7) is 3.63. The molecule has 2 nitrogen and oxygen atoms in total. The molecule has 0 unspecified atom stereocenters. The average molecular weight is 436 g/mol. The Balaban J connectivity index is -0.00000128. The summed E-state index contributed by atoms with van der Waals surface area (Å²) in [5.41, 5.74) is 0. The zero-order valence-electron chi connectivity index (χ0n) is 16.2.